The van der Waals surface area contributed by atoms with Gasteiger partial charge in [0.15, 0.2) is 0 Å². The van der Waals surface area contributed by atoms with Gasteiger partial charge in [-0.25, -0.2) is 0 Å². The summed E-state index contributed by atoms with van der Waals surface area (Å²) in [6.07, 6.45) is 5.74. The number of esters is 1. The molecule has 7 atom stereocenters. The number of carbonyl (C=O) groups excluding carboxylic acids is 1. The zero-order valence-corrected chi connectivity index (χ0v) is 14.3. The van der Waals surface area contributed by atoms with E-state index in [4.69, 9.17) is 9.47 Å². The molecule has 7 unspecified atom stereocenters. The summed E-state index contributed by atoms with van der Waals surface area (Å²) in [7, 11) is 0. The minimum atomic E-state index is -0.0976. The van der Waals surface area contributed by atoms with Gasteiger partial charge < -0.3 is 0 Å². The van der Waals surface area contributed by atoms with Crippen molar-refractivity contribution >= 4 is 5.97 Å². The molecule has 0 radical (unpaired) electrons. The van der Waals surface area contributed by atoms with Crippen LogP contribution in [0, 0.1) is 29.1 Å². The summed E-state index contributed by atoms with van der Waals surface area (Å²) in [5.74, 6) is 2.22. The van der Waals surface area contributed by atoms with Crippen molar-refractivity contribution in [1.82, 2.24) is 3.53 Å². The number of hydrogen-bond acceptors (Lipinski definition) is 4. The number of nitrogens with one attached hydrogen (secondary N) is 1. The Kier molecular flexibility index (Phi) is 3.31. The molecule has 1 heterocycles. The average Bonchev–Trinajstić information content (AvgIpc) is 3.29. The van der Waals surface area contributed by atoms with Crippen LogP contribution in [0.4, 0.5) is 0 Å². The maximum absolute atomic E-state index is 11.8. The van der Waals surface area contributed by atoms with E-state index in [-0.39, 0.29) is 40.2 Å². The Morgan fingerprint density at radius 3 is 3.00 bits per heavy atom. The maximum atomic E-state index is 11.8. The first-order valence-electron chi connectivity index (χ1n) is 7.75. The number of halogens is 1. The Balaban J connectivity index is 1.27. The van der Waals surface area contributed by atoms with E-state index < -0.39 is 0 Å². The molecule has 4 rings (SSSR count). The molecule has 1 saturated heterocycles. The fourth-order valence-electron chi connectivity index (χ4n) is 4.77. The molecule has 0 aromatic carbocycles. The van der Waals surface area contributed by atoms with Crippen LogP contribution >= 0.6 is 0 Å². The normalized spacial score (nSPS) is 49.8. The van der Waals surface area contributed by atoms with E-state index in [0.717, 1.165) is 11.8 Å². The Morgan fingerprint density at radius 1 is 1.45 bits per heavy atom. The van der Waals surface area contributed by atoms with Crippen LogP contribution in [0.5, 0.6) is 0 Å². The first-order valence-corrected chi connectivity index (χ1v) is 10.1. The van der Waals surface area contributed by atoms with Crippen LogP contribution in [-0.2, 0) is 14.3 Å². The third-order valence-electron chi connectivity index (χ3n) is 5.75. The molecule has 0 amide bonds. The van der Waals surface area contributed by atoms with E-state index in [1.807, 2.05) is 6.92 Å². The zero-order chi connectivity index (χ0) is 13.9. The Bertz CT molecular complexity index is 427. The van der Waals surface area contributed by atoms with Gasteiger partial charge in [-0.15, -0.1) is 0 Å². The van der Waals surface area contributed by atoms with Gasteiger partial charge in [-0.1, -0.05) is 0 Å². The molecule has 2 bridgehead atoms. The second kappa shape index (κ2) is 4.81. The summed E-state index contributed by atoms with van der Waals surface area (Å²) in [5, 5.41) is 0. The third-order valence-corrected chi connectivity index (χ3v) is 8.17. The third kappa shape index (κ3) is 2.29. The van der Waals surface area contributed by atoms with E-state index in [0.29, 0.717) is 21.5 Å². The van der Waals surface area contributed by atoms with Gasteiger partial charge in [-0.2, -0.15) is 0 Å². The van der Waals surface area contributed by atoms with Crippen molar-refractivity contribution in [2.24, 2.45) is 29.1 Å². The first kappa shape index (κ1) is 13.8. The first-order chi connectivity index (χ1) is 9.59. The van der Waals surface area contributed by atoms with Gasteiger partial charge in [0.1, 0.15) is 0 Å². The van der Waals surface area contributed by atoms with Crippen molar-refractivity contribution in [2.75, 3.05) is 6.79 Å². The van der Waals surface area contributed by atoms with E-state index in [1.165, 1.54) is 25.7 Å². The van der Waals surface area contributed by atoms with Crippen LogP contribution in [0.1, 0.15) is 39.5 Å². The van der Waals surface area contributed by atoms with Gasteiger partial charge in [-0.05, 0) is 0 Å². The molecule has 0 aromatic heterocycles. The van der Waals surface area contributed by atoms with Crippen LogP contribution in [0.25, 0.3) is 0 Å². The molecule has 114 valence electrons. The molecule has 0 aromatic rings. The van der Waals surface area contributed by atoms with E-state index in [2.05, 4.69) is 10.5 Å². The van der Waals surface area contributed by atoms with E-state index in [1.54, 1.807) is 0 Å². The predicted octanol–water partition coefficient (Wildman–Crippen LogP) is -1.10. The summed E-state index contributed by atoms with van der Waals surface area (Å²) in [5.41, 5.74) is 0.618. The molecule has 1 N–H and O–H groups in total. The van der Waals surface area contributed by atoms with Crippen LogP contribution < -0.4 is 25.0 Å². The second-order valence-corrected chi connectivity index (χ2v) is 9.89. The summed E-state index contributed by atoms with van der Waals surface area (Å²) in [6, 6.07) is 0. The molecular weight excluding hydrogens is 369 g/mol. The van der Waals surface area contributed by atoms with Gasteiger partial charge in [-0.3, -0.25) is 0 Å². The van der Waals surface area contributed by atoms with Crippen molar-refractivity contribution in [3.63, 3.8) is 0 Å². The van der Waals surface area contributed by atoms with Crippen LogP contribution in [0.3, 0.4) is 0 Å². The molecular formula is C15H23INO3-. The van der Waals surface area contributed by atoms with Crippen molar-refractivity contribution in [3.8, 4) is 0 Å². The summed E-state index contributed by atoms with van der Waals surface area (Å²) in [6.45, 7) is 4.49. The number of fused-ring (bicyclic) bond motifs is 1. The van der Waals surface area contributed by atoms with Crippen LogP contribution in [0.15, 0.2) is 0 Å². The SMILES string of the molecule is CC1CC2CC3(C1)CC3C2OCOC(=O)C(C)C1N[I-]1. The summed E-state index contributed by atoms with van der Waals surface area (Å²) >= 11 is 0.0689. The van der Waals surface area contributed by atoms with Gasteiger partial charge in [0.2, 0.25) is 0 Å². The monoisotopic (exact) mass is 392 g/mol. The number of alkyl halides is 1. The fourth-order valence-corrected chi connectivity index (χ4v) is 6.35. The predicted molar refractivity (Wildman–Crippen MR) is 69.0 cm³/mol. The van der Waals surface area contributed by atoms with Gasteiger partial charge >= 0.3 is 131 Å². The van der Waals surface area contributed by atoms with Crippen molar-refractivity contribution in [2.45, 2.75) is 49.7 Å². The number of carbonyl (C=O) groups is 1. The van der Waals surface area contributed by atoms with Gasteiger partial charge in [0.05, 0.1) is 0 Å². The summed E-state index contributed by atoms with van der Waals surface area (Å²) in [4.78, 5) is 11.8. The molecule has 4 aliphatic rings. The van der Waals surface area contributed by atoms with Gasteiger partial charge in [0, 0.05) is 0 Å². The molecule has 20 heavy (non-hydrogen) atoms. The van der Waals surface area contributed by atoms with Crippen LogP contribution in [0.2, 0.25) is 0 Å². The molecule has 3 saturated carbocycles. The molecule has 4 nitrogen and oxygen atoms in total. The van der Waals surface area contributed by atoms with E-state index >= 15 is 0 Å². The second-order valence-electron chi connectivity index (χ2n) is 7.30. The Hall–Kier alpha value is 0.120. The Labute approximate surface area is 131 Å². The zero-order valence-electron chi connectivity index (χ0n) is 12.1. The van der Waals surface area contributed by atoms with Gasteiger partial charge in [0.25, 0.3) is 0 Å². The molecule has 1 spiro atoms. The molecule has 4 fully saturated rings. The number of hydrogen-bond donors (Lipinski definition) is 1. The average molecular weight is 392 g/mol. The minimum absolute atomic E-state index is 0.00139. The quantitative estimate of drug-likeness (QED) is 0.123. The van der Waals surface area contributed by atoms with Crippen molar-refractivity contribution < 1.29 is 35.7 Å². The van der Waals surface area contributed by atoms with Crippen molar-refractivity contribution in [1.29, 1.82) is 0 Å². The molecule has 5 heteroatoms. The molecule has 3 aliphatic carbocycles. The fraction of sp³-hybridized carbons (Fsp3) is 0.933. The number of ether oxygens (including phenoxy) is 2. The Morgan fingerprint density at radius 2 is 2.25 bits per heavy atom. The summed E-state index contributed by atoms with van der Waals surface area (Å²) < 4.78 is 15.0. The topological polar surface area (TPSA) is 57.5 Å². The molecule has 1 aliphatic heterocycles. The van der Waals surface area contributed by atoms with Crippen LogP contribution in [-0.4, -0.2) is 22.9 Å². The van der Waals surface area contributed by atoms with Crippen molar-refractivity contribution in [3.05, 3.63) is 0 Å². The number of rotatable bonds is 5. The van der Waals surface area contributed by atoms with E-state index in [9.17, 15) is 4.79 Å². The standard InChI is InChI=1S/C15H23INO3/c1-8-3-10-5-15(4-8)6-11(15)12(10)19-7-20-14(18)9(2)13-16-17-13/h8-13,17H,3-7H2,1-2H3/q-1.